The summed E-state index contributed by atoms with van der Waals surface area (Å²) in [5.74, 6) is 0.176. The largest absolute Gasteiger partial charge is 0.507 e. The van der Waals surface area contributed by atoms with Crippen LogP contribution >= 0.6 is 12.6 Å². The van der Waals surface area contributed by atoms with E-state index >= 15 is 0 Å². The number of phenols is 1. The number of hydrogen-bond donors (Lipinski definition) is 2. The van der Waals surface area contributed by atoms with Crippen molar-refractivity contribution in [2.45, 2.75) is 26.7 Å². The Hall–Kier alpha value is -3.70. The van der Waals surface area contributed by atoms with Crippen molar-refractivity contribution in [3.8, 4) is 5.75 Å². The van der Waals surface area contributed by atoms with Crippen molar-refractivity contribution in [1.29, 1.82) is 0 Å². The van der Waals surface area contributed by atoms with E-state index in [1.165, 1.54) is 0 Å². The van der Waals surface area contributed by atoms with Gasteiger partial charge < -0.3 is 5.11 Å². The second-order valence-electron chi connectivity index (χ2n) is 8.76. The molecule has 0 unspecified atom stereocenters. The fourth-order valence-electron chi connectivity index (χ4n) is 4.43. The average Bonchev–Trinajstić information content (AvgIpc) is 2.82. The molecular formula is C29H24N2O2S. The van der Waals surface area contributed by atoms with Gasteiger partial charge in [-0.3, -0.25) is 14.8 Å². The molecule has 0 saturated heterocycles. The summed E-state index contributed by atoms with van der Waals surface area (Å²) in [6, 6.07) is 19.8. The van der Waals surface area contributed by atoms with Crippen molar-refractivity contribution in [2.24, 2.45) is 0 Å². The van der Waals surface area contributed by atoms with Crippen LogP contribution in [0.1, 0.15) is 44.0 Å². The summed E-state index contributed by atoms with van der Waals surface area (Å²) in [6.07, 6.45) is 5.11. The van der Waals surface area contributed by atoms with Gasteiger partial charge in [-0.1, -0.05) is 36.4 Å². The fourth-order valence-corrected chi connectivity index (χ4v) is 4.67. The summed E-state index contributed by atoms with van der Waals surface area (Å²) in [6.45, 7) is 3.92. The minimum atomic E-state index is -0.321. The number of rotatable bonds is 5. The molecule has 168 valence electrons. The van der Waals surface area contributed by atoms with Gasteiger partial charge in [0.25, 0.3) is 0 Å². The van der Waals surface area contributed by atoms with Crippen molar-refractivity contribution in [1.82, 2.24) is 9.97 Å². The third kappa shape index (κ3) is 4.27. The van der Waals surface area contributed by atoms with Crippen molar-refractivity contribution in [3.05, 3.63) is 112 Å². The van der Waals surface area contributed by atoms with Crippen molar-refractivity contribution >= 4 is 39.3 Å². The third-order valence-corrected chi connectivity index (χ3v) is 6.42. The number of fused-ring (bicyclic) bond motifs is 2. The van der Waals surface area contributed by atoms with Gasteiger partial charge in [0.15, 0.2) is 0 Å². The van der Waals surface area contributed by atoms with E-state index in [1.54, 1.807) is 0 Å². The van der Waals surface area contributed by atoms with Gasteiger partial charge in [-0.05, 0) is 84.0 Å². The Labute approximate surface area is 203 Å². The van der Waals surface area contributed by atoms with E-state index in [9.17, 15) is 9.90 Å². The van der Waals surface area contributed by atoms with Gasteiger partial charge >= 0.3 is 0 Å². The van der Waals surface area contributed by atoms with Crippen molar-refractivity contribution in [3.63, 3.8) is 0 Å². The van der Waals surface area contributed by atoms with Crippen LogP contribution in [0.3, 0.4) is 0 Å². The molecule has 5 rings (SSSR count). The lowest BCUT2D eigenvalue weighted by Crippen LogP contribution is -1.98. The van der Waals surface area contributed by atoms with Crippen molar-refractivity contribution < 1.29 is 9.90 Å². The van der Waals surface area contributed by atoms with Gasteiger partial charge in [0.2, 0.25) is 5.12 Å². The molecule has 0 amide bonds. The Bertz CT molecular complexity index is 1430. The number of carbonyl (C=O) groups excluding carboxylic acids is 1. The highest BCUT2D eigenvalue weighted by Gasteiger charge is 2.18. The van der Waals surface area contributed by atoms with E-state index in [0.29, 0.717) is 39.9 Å². The summed E-state index contributed by atoms with van der Waals surface area (Å²) in [5, 5.41) is 13.5. The van der Waals surface area contributed by atoms with Crippen LogP contribution in [0.2, 0.25) is 0 Å². The molecule has 4 nitrogen and oxygen atoms in total. The highest BCUT2D eigenvalue weighted by molar-refractivity contribution is 7.97. The molecule has 0 spiro atoms. The number of thiol groups is 1. The van der Waals surface area contributed by atoms with Gasteiger partial charge in [0, 0.05) is 40.1 Å². The first kappa shape index (κ1) is 22.1. The zero-order chi connectivity index (χ0) is 23.8. The summed E-state index contributed by atoms with van der Waals surface area (Å²) in [5.41, 5.74) is 6.70. The molecular weight excluding hydrogens is 440 g/mol. The van der Waals surface area contributed by atoms with E-state index in [4.69, 9.17) is 0 Å². The number of pyridine rings is 2. The zero-order valence-electron chi connectivity index (χ0n) is 19.0. The molecule has 2 aromatic heterocycles. The molecule has 0 atom stereocenters. The highest BCUT2D eigenvalue weighted by Crippen LogP contribution is 2.39. The number of phenolic OH excluding ortho intramolecular Hbond substituents is 1. The maximum Gasteiger partial charge on any atom is 0.217 e. The molecule has 0 saturated carbocycles. The Morgan fingerprint density at radius 2 is 1.15 bits per heavy atom. The van der Waals surface area contributed by atoms with Crippen LogP contribution in [0, 0.1) is 13.8 Å². The maximum atomic E-state index is 12.8. The highest BCUT2D eigenvalue weighted by atomic mass is 32.1. The average molecular weight is 465 g/mol. The molecule has 0 radical (unpaired) electrons. The minimum absolute atomic E-state index is 0.176. The van der Waals surface area contributed by atoms with E-state index < -0.39 is 0 Å². The summed E-state index contributed by atoms with van der Waals surface area (Å²) in [4.78, 5) is 21.5. The molecule has 0 bridgehead atoms. The molecule has 5 heteroatoms. The van der Waals surface area contributed by atoms with Gasteiger partial charge in [-0.15, -0.1) is 12.6 Å². The zero-order valence-corrected chi connectivity index (χ0v) is 19.9. The predicted molar refractivity (Wildman–Crippen MR) is 140 cm³/mol. The number of carbonyl (C=O) groups is 1. The van der Waals surface area contributed by atoms with Crippen LogP contribution < -0.4 is 0 Å². The molecule has 0 aliphatic heterocycles. The first-order valence-corrected chi connectivity index (χ1v) is 11.6. The maximum absolute atomic E-state index is 12.8. The number of aromatic nitrogens is 2. The van der Waals surface area contributed by atoms with Crippen LogP contribution in [-0.4, -0.2) is 20.2 Å². The Balaban J connectivity index is 1.64. The first-order chi connectivity index (χ1) is 16.4. The van der Waals surface area contributed by atoms with Crippen LogP contribution in [0.25, 0.3) is 21.5 Å². The van der Waals surface area contributed by atoms with E-state index in [1.807, 2.05) is 74.8 Å². The molecule has 0 aliphatic carbocycles. The van der Waals surface area contributed by atoms with E-state index in [0.717, 1.165) is 33.6 Å². The lowest BCUT2D eigenvalue weighted by molar-refractivity contribution is 0.109. The lowest BCUT2D eigenvalue weighted by atomic mass is 9.92. The third-order valence-electron chi connectivity index (χ3n) is 6.19. The SMILES string of the molecule is Cc1ccc(Cc2ccc3c(O)c4ccc(Cc5ccc(C)nc5)cc4c(C(=O)S)c3c2)cn1. The van der Waals surface area contributed by atoms with E-state index in [-0.39, 0.29) is 10.9 Å². The second-order valence-corrected chi connectivity index (χ2v) is 9.16. The first-order valence-electron chi connectivity index (χ1n) is 11.2. The van der Waals surface area contributed by atoms with Gasteiger partial charge in [0.05, 0.1) is 0 Å². The van der Waals surface area contributed by atoms with Crippen LogP contribution in [0.15, 0.2) is 73.1 Å². The topological polar surface area (TPSA) is 63.1 Å². The molecule has 3 aromatic carbocycles. The Morgan fingerprint density at radius 1 is 0.706 bits per heavy atom. The quantitative estimate of drug-likeness (QED) is 0.235. The fraction of sp³-hybridized carbons (Fsp3) is 0.138. The van der Waals surface area contributed by atoms with Gasteiger partial charge in [-0.2, -0.15) is 0 Å². The molecule has 1 N–H and O–H groups in total. The number of aryl methyl sites for hydroxylation is 2. The molecule has 0 aliphatic rings. The lowest BCUT2D eigenvalue weighted by Gasteiger charge is -2.14. The monoisotopic (exact) mass is 464 g/mol. The predicted octanol–water partition coefficient (Wildman–Crippen LogP) is 6.36. The molecule has 5 aromatic rings. The van der Waals surface area contributed by atoms with Crippen LogP contribution in [0.5, 0.6) is 5.75 Å². The Morgan fingerprint density at radius 3 is 1.53 bits per heavy atom. The Kier molecular flexibility index (Phi) is 5.80. The summed E-state index contributed by atoms with van der Waals surface area (Å²) >= 11 is 4.22. The number of aromatic hydroxyl groups is 1. The number of nitrogens with zero attached hydrogens (tertiary/aromatic N) is 2. The van der Waals surface area contributed by atoms with Crippen LogP contribution in [-0.2, 0) is 12.8 Å². The van der Waals surface area contributed by atoms with Crippen molar-refractivity contribution in [2.75, 3.05) is 0 Å². The molecule has 0 fully saturated rings. The normalized spacial score (nSPS) is 11.3. The van der Waals surface area contributed by atoms with Gasteiger partial charge in [-0.25, -0.2) is 0 Å². The van der Waals surface area contributed by atoms with Gasteiger partial charge in [0.1, 0.15) is 5.75 Å². The summed E-state index contributed by atoms with van der Waals surface area (Å²) < 4.78 is 0. The van der Waals surface area contributed by atoms with Crippen LogP contribution in [0.4, 0.5) is 0 Å². The molecule has 2 heterocycles. The minimum Gasteiger partial charge on any atom is -0.507 e. The smallest absolute Gasteiger partial charge is 0.217 e. The standard InChI is InChI=1S/C29H24N2O2S/c1-17-3-5-21(15-30-17)11-19-7-9-23-25(13-19)27(29(33)34)26-14-20(8-10-24(26)28(23)32)12-22-6-4-18(2)31-16-22/h3-10,13-16,32H,11-12H2,1-2H3,(H,33,34). The number of benzene rings is 3. The number of hydrogen-bond acceptors (Lipinski definition) is 4. The molecule has 34 heavy (non-hydrogen) atoms. The van der Waals surface area contributed by atoms with E-state index in [2.05, 4.69) is 34.7 Å². The summed E-state index contributed by atoms with van der Waals surface area (Å²) in [7, 11) is 0. The second kappa shape index (κ2) is 8.92.